The molecule has 2 unspecified atom stereocenters. The molecule has 2 atom stereocenters. The standard InChI is InChI=1S/C14H16O3/c1-2-17-14(16)12-8-11(9-13(12)15)10-6-4-3-5-7-10/h3-7,11-12H,2,8-9H2,1H3. The molecule has 0 aliphatic heterocycles. The molecule has 2 rings (SSSR count). The molecule has 1 aliphatic rings. The highest BCUT2D eigenvalue weighted by molar-refractivity contribution is 6.01. The molecule has 0 radical (unpaired) electrons. The lowest BCUT2D eigenvalue weighted by atomic mass is 9.96. The molecule has 0 saturated heterocycles. The number of carbonyl (C=O) groups is 2. The molecule has 17 heavy (non-hydrogen) atoms. The first-order valence-corrected chi connectivity index (χ1v) is 5.96. The summed E-state index contributed by atoms with van der Waals surface area (Å²) in [4.78, 5) is 23.4. The van der Waals surface area contributed by atoms with E-state index >= 15 is 0 Å². The Morgan fingerprint density at radius 2 is 2.06 bits per heavy atom. The monoisotopic (exact) mass is 232 g/mol. The lowest BCUT2D eigenvalue weighted by Crippen LogP contribution is -2.21. The van der Waals surface area contributed by atoms with Crippen LogP contribution in [0.3, 0.4) is 0 Å². The van der Waals surface area contributed by atoms with Gasteiger partial charge in [0.05, 0.1) is 6.61 Å². The topological polar surface area (TPSA) is 43.4 Å². The summed E-state index contributed by atoms with van der Waals surface area (Å²) in [6.45, 7) is 2.09. The number of hydrogen-bond donors (Lipinski definition) is 0. The van der Waals surface area contributed by atoms with Gasteiger partial charge in [-0.05, 0) is 24.8 Å². The molecule has 1 saturated carbocycles. The van der Waals surface area contributed by atoms with Crippen LogP contribution in [0.4, 0.5) is 0 Å². The number of benzene rings is 1. The highest BCUT2D eigenvalue weighted by Gasteiger charge is 2.38. The van der Waals surface area contributed by atoms with E-state index in [1.807, 2.05) is 30.3 Å². The van der Waals surface area contributed by atoms with Gasteiger partial charge in [0.25, 0.3) is 0 Å². The van der Waals surface area contributed by atoms with E-state index in [2.05, 4.69) is 0 Å². The van der Waals surface area contributed by atoms with Crippen molar-refractivity contribution < 1.29 is 14.3 Å². The first-order valence-electron chi connectivity index (χ1n) is 5.96. The molecule has 1 aromatic rings. The summed E-state index contributed by atoms with van der Waals surface area (Å²) < 4.78 is 4.92. The lowest BCUT2D eigenvalue weighted by molar-refractivity contribution is -0.150. The highest BCUT2D eigenvalue weighted by Crippen LogP contribution is 2.36. The van der Waals surface area contributed by atoms with E-state index < -0.39 is 5.92 Å². The molecule has 0 heterocycles. The molecule has 0 amide bonds. The quantitative estimate of drug-likeness (QED) is 0.593. The van der Waals surface area contributed by atoms with Gasteiger partial charge in [-0.25, -0.2) is 0 Å². The lowest BCUT2D eigenvalue weighted by Gasteiger charge is -2.09. The van der Waals surface area contributed by atoms with Crippen LogP contribution in [-0.4, -0.2) is 18.4 Å². The summed E-state index contributed by atoms with van der Waals surface area (Å²) in [6, 6.07) is 9.87. The molecule has 0 spiro atoms. The maximum Gasteiger partial charge on any atom is 0.316 e. The first-order chi connectivity index (χ1) is 8.22. The van der Waals surface area contributed by atoms with Crippen molar-refractivity contribution in [2.45, 2.75) is 25.7 Å². The van der Waals surface area contributed by atoms with Crippen LogP contribution in [0.15, 0.2) is 30.3 Å². The second-order valence-electron chi connectivity index (χ2n) is 4.32. The zero-order chi connectivity index (χ0) is 12.3. The van der Waals surface area contributed by atoms with Crippen molar-refractivity contribution in [2.75, 3.05) is 6.61 Å². The number of ether oxygens (including phenoxy) is 1. The van der Waals surface area contributed by atoms with Gasteiger partial charge in [0.15, 0.2) is 0 Å². The molecule has 1 aliphatic carbocycles. The van der Waals surface area contributed by atoms with Crippen LogP contribution in [-0.2, 0) is 14.3 Å². The molecular weight excluding hydrogens is 216 g/mol. The molecule has 0 bridgehead atoms. The van der Waals surface area contributed by atoms with Gasteiger partial charge in [-0.2, -0.15) is 0 Å². The molecule has 3 heteroatoms. The summed E-state index contributed by atoms with van der Waals surface area (Å²) in [5.74, 6) is -0.744. The Labute approximate surface area is 101 Å². The van der Waals surface area contributed by atoms with Gasteiger partial charge >= 0.3 is 5.97 Å². The Kier molecular flexibility index (Phi) is 3.57. The highest BCUT2D eigenvalue weighted by atomic mass is 16.5. The third kappa shape index (κ3) is 2.54. The van der Waals surface area contributed by atoms with Crippen LogP contribution in [0, 0.1) is 5.92 Å². The molecule has 0 N–H and O–H groups in total. The summed E-state index contributed by atoms with van der Waals surface area (Å²) in [7, 11) is 0. The second kappa shape index (κ2) is 5.13. The molecule has 1 aromatic carbocycles. The number of carbonyl (C=O) groups excluding carboxylic acids is 2. The summed E-state index contributed by atoms with van der Waals surface area (Å²) in [6.07, 6.45) is 1.04. The van der Waals surface area contributed by atoms with E-state index in [0.717, 1.165) is 5.56 Å². The Balaban J connectivity index is 2.07. The normalized spacial score (nSPS) is 23.7. The number of Topliss-reactive ketones (excluding diaryl/α,β-unsaturated/α-hetero) is 1. The van der Waals surface area contributed by atoms with Crippen LogP contribution < -0.4 is 0 Å². The van der Waals surface area contributed by atoms with E-state index in [4.69, 9.17) is 4.74 Å². The maximum atomic E-state index is 11.8. The third-order valence-electron chi connectivity index (χ3n) is 3.20. The van der Waals surface area contributed by atoms with Gasteiger partial charge in [-0.15, -0.1) is 0 Å². The number of esters is 1. The van der Waals surface area contributed by atoms with E-state index in [1.54, 1.807) is 6.92 Å². The Morgan fingerprint density at radius 1 is 1.35 bits per heavy atom. The fourth-order valence-corrected chi connectivity index (χ4v) is 2.33. The van der Waals surface area contributed by atoms with Crippen molar-refractivity contribution in [2.24, 2.45) is 5.92 Å². The summed E-state index contributed by atoms with van der Waals surface area (Å²) in [5.41, 5.74) is 1.13. The van der Waals surface area contributed by atoms with E-state index in [9.17, 15) is 9.59 Å². The molecule has 3 nitrogen and oxygen atoms in total. The molecule has 1 fully saturated rings. The summed E-state index contributed by atoms with van der Waals surface area (Å²) >= 11 is 0. The predicted molar refractivity (Wildman–Crippen MR) is 63.5 cm³/mol. The fraction of sp³-hybridized carbons (Fsp3) is 0.429. The van der Waals surface area contributed by atoms with Crippen LogP contribution in [0.1, 0.15) is 31.2 Å². The number of ketones is 1. The van der Waals surface area contributed by atoms with Crippen molar-refractivity contribution in [3.8, 4) is 0 Å². The van der Waals surface area contributed by atoms with Crippen LogP contribution >= 0.6 is 0 Å². The molecule has 90 valence electrons. The van der Waals surface area contributed by atoms with Gasteiger partial charge in [-0.1, -0.05) is 30.3 Å². The SMILES string of the molecule is CCOC(=O)C1CC(c2ccccc2)CC1=O. The second-order valence-corrected chi connectivity index (χ2v) is 4.32. The third-order valence-corrected chi connectivity index (χ3v) is 3.20. The van der Waals surface area contributed by atoms with Gasteiger partial charge in [0, 0.05) is 6.42 Å². The van der Waals surface area contributed by atoms with Crippen molar-refractivity contribution in [1.82, 2.24) is 0 Å². The predicted octanol–water partition coefficient (Wildman–Crippen LogP) is 2.31. The van der Waals surface area contributed by atoms with Gasteiger partial charge in [0.2, 0.25) is 0 Å². The fourth-order valence-electron chi connectivity index (χ4n) is 2.33. The Hall–Kier alpha value is -1.64. The minimum absolute atomic E-state index is 0.0114. The Morgan fingerprint density at radius 3 is 2.71 bits per heavy atom. The zero-order valence-electron chi connectivity index (χ0n) is 9.89. The van der Waals surface area contributed by atoms with Crippen LogP contribution in [0.5, 0.6) is 0 Å². The average molecular weight is 232 g/mol. The van der Waals surface area contributed by atoms with E-state index in [-0.39, 0.29) is 17.7 Å². The van der Waals surface area contributed by atoms with Gasteiger partial charge < -0.3 is 4.74 Å². The van der Waals surface area contributed by atoms with Crippen molar-refractivity contribution in [3.05, 3.63) is 35.9 Å². The maximum absolute atomic E-state index is 11.8. The number of rotatable bonds is 3. The number of hydrogen-bond acceptors (Lipinski definition) is 3. The average Bonchev–Trinajstić information content (AvgIpc) is 2.73. The van der Waals surface area contributed by atoms with Crippen molar-refractivity contribution in [3.63, 3.8) is 0 Å². The van der Waals surface area contributed by atoms with Crippen molar-refractivity contribution in [1.29, 1.82) is 0 Å². The van der Waals surface area contributed by atoms with E-state index in [1.165, 1.54) is 0 Å². The molecular formula is C14H16O3. The minimum atomic E-state index is -0.555. The van der Waals surface area contributed by atoms with Gasteiger partial charge in [0.1, 0.15) is 11.7 Å². The van der Waals surface area contributed by atoms with Crippen LogP contribution in [0.25, 0.3) is 0 Å². The van der Waals surface area contributed by atoms with E-state index in [0.29, 0.717) is 19.4 Å². The largest absolute Gasteiger partial charge is 0.465 e. The van der Waals surface area contributed by atoms with Gasteiger partial charge in [-0.3, -0.25) is 9.59 Å². The van der Waals surface area contributed by atoms with Crippen LogP contribution in [0.2, 0.25) is 0 Å². The first kappa shape index (κ1) is 11.8. The zero-order valence-corrected chi connectivity index (χ0v) is 9.89. The Bertz CT molecular complexity index is 411. The smallest absolute Gasteiger partial charge is 0.316 e. The summed E-state index contributed by atoms with van der Waals surface area (Å²) in [5, 5.41) is 0. The van der Waals surface area contributed by atoms with Crippen molar-refractivity contribution >= 4 is 11.8 Å². The minimum Gasteiger partial charge on any atom is -0.465 e. The molecule has 0 aromatic heterocycles.